The van der Waals surface area contributed by atoms with Crippen molar-refractivity contribution in [3.05, 3.63) is 94.5 Å². The average molecular weight is 527 g/mol. The lowest BCUT2D eigenvalue weighted by atomic mass is 9.95. The van der Waals surface area contributed by atoms with Crippen molar-refractivity contribution in [1.29, 1.82) is 0 Å². The lowest BCUT2D eigenvalue weighted by molar-refractivity contribution is 0.155. The molecule has 4 aromatic rings. The minimum Gasteiger partial charge on any atom is -0.378 e. The van der Waals surface area contributed by atoms with E-state index >= 15 is 0 Å². The summed E-state index contributed by atoms with van der Waals surface area (Å²) >= 11 is 6.14. The van der Waals surface area contributed by atoms with Gasteiger partial charge in [-0.05, 0) is 85.5 Å². The summed E-state index contributed by atoms with van der Waals surface area (Å²) in [5, 5.41) is 13.4. The third kappa shape index (κ3) is 5.35. The Hall–Kier alpha value is -3.19. The first-order valence-electron chi connectivity index (χ1n) is 13.6. The molecule has 2 aliphatic heterocycles. The Morgan fingerprint density at radius 2 is 1.63 bits per heavy atom. The number of piperazine rings is 1. The van der Waals surface area contributed by atoms with Gasteiger partial charge in [0, 0.05) is 49.9 Å². The number of aryl methyl sites for hydroxylation is 2. The van der Waals surface area contributed by atoms with Crippen molar-refractivity contribution in [3.63, 3.8) is 0 Å². The van der Waals surface area contributed by atoms with E-state index in [0.717, 1.165) is 53.9 Å². The van der Waals surface area contributed by atoms with Crippen molar-refractivity contribution < 1.29 is 0 Å². The number of nitrogens with one attached hydrogen (secondary N) is 1. The smallest absolute Gasteiger partial charge is 0.137 e. The molecule has 0 amide bonds. The molecule has 0 bridgehead atoms. The van der Waals surface area contributed by atoms with Crippen LogP contribution in [0.4, 0.5) is 5.69 Å². The summed E-state index contributed by atoms with van der Waals surface area (Å²) in [5.41, 5.74) is 7.35. The Kier molecular flexibility index (Phi) is 7.20. The molecule has 1 unspecified atom stereocenters. The molecule has 1 aromatic heterocycles. The first-order chi connectivity index (χ1) is 18.5. The SMILES string of the molecule is Cc1nnc2n1-c1ccc(-c3ccc(CCN4CCN(C)CC4)cc3)cc1C(Nc1ccc(Cl)cc1)CC2. The highest BCUT2D eigenvalue weighted by atomic mass is 35.5. The third-order valence-corrected chi connectivity index (χ3v) is 8.23. The third-order valence-electron chi connectivity index (χ3n) is 7.98. The Morgan fingerprint density at radius 3 is 2.39 bits per heavy atom. The molecular formula is C31H35ClN6. The van der Waals surface area contributed by atoms with Crippen molar-refractivity contribution in [2.75, 3.05) is 45.1 Å². The monoisotopic (exact) mass is 526 g/mol. The van der Waals surface area contributed by atoms with Crippen LogP contribution >= 0.6 is 11.6 Å². The molecule has 196 valence electrons. The highest BCUT2D eigenvalue weighted by molar-refractivity contribution is 6.30. The van der Waals surface area contributed by atoms with E-state index in [-0.39, 0.29) is 6.04 Å². The van der Waals surface area contributed by atoms with E-state index < -0.39 is 0 Å². The fourth-order valence-corrected chi connectivity index (χ4v) is 5.77. The number of halogens is 1. The van der Waals surface area contributed by atoms with Crippen molar-refractivity contribution in [3.8, 4) is 16.8 Å². The van der Waals surface area contributed by atoms with Crippen LogP contribution in [0.3, 0.4) is 0 Å². The molecule has 7 heteroatoms. The Balaban J connectivity index is 1.26. The zero-order valence-corrected chi connectivity index (χ0v) is 23.0. The average Bonchev–Trinajstić information content (AvgIpc) is 3.23. The standard InChI is InChI=1S/C31H35ClN6/c1-22-34-35-31-14-12-29(33-27-10-8-26(32)9-11-27)28-21-25(7-13-30(28)38(22)31)24-5-3-23(4-6-24)15-16-37-19-17-36(2)18-20-37/h3-11,13,21,29,33H,12,14-20H2,1-2H3. The first kappa shape index (κ1) is 25.1. The second-order valence-electron chi connectivity index (χ2n) is 10.6. The van der Waals surface area contributed by atoms with E-state index in [1.807, 2.05) is 31.2 Å². The lowest BCUT2D eigenvalue weighted by Crippen LogP contribution is -2.45. The largest absolute Gasteiger partial charge is 0.378 e. The molecule has 3 aromatic carbocycles. The molecular weight excluding hydrogens is 492 g/mol. The topological polar surface area (TPSA) is 49.2 Å². The normalized spacial score (nSPS) is 18.0. The predicted octanol–water partition coefficient (Wildman–Crippen LogP) is 5.79. The van der Waals surface area contributed by atoms with Crippen LogP contribution in [0.25, 0.3) is 16.8 Å². The highest BCUT2D eigenvalue weighted by Gasteiger charge is 2.25. The van der Waals surface area contributed by atoms with Gasteiger partial charge >= 0.3 is 0 Å². The zero-order chi connectivity index (χ0) is 26.1. The first-order valence-corrected chi connectivity index (χ1v) is 14.0. The summed E-state index contributed by atoms with van der Waals surface area (Å²) in [4.78, 5) is 4.99. The Bertz CT molecular complexity index is 1390. The maximum Gasteiger partial charge on any atom is 0.137 e. The van der Waals surface area contributed by atoms with Crippen molar-refractivity contribution >= 4 is 17.3 Å². The van der Waals surface area contributed by atoms with Gasteiger partial charge < -0.3 is 15.1 Å². The predicted molar refractivity (Wildman–Crippen MR) is 155 cm³/mol. The van der Waals surface area contributed by atoms with Crippen molar-refractivity contribution in [1.82, 2.24) is 24.6 Å². The van der Waals surface area contributed by atoms with Gasteiger partial charge in [0.25, 0.3) is 0 Å². The van der Waals surface area contributed by atoms with E-state index in [1.54, 1.807) is 0 Å². The maximum atomic E-state index is 6.14. The molecule has 0 aliphatic carbocycles. The molecule has 1 N–H and O–H groups in total. The van der Waals surface area contributed by atoms with Crippen LogP contribution in [0.1, 0.15) is 35.2 Å². The molecule has 1 atom stereocenters. The van der Waals surface area contributed by atoms with Gasteiger partial charge in [0.2, 0.25) is 0 Å². The van der Waals surface area contributed by atoms with E-state index in [2.05, 4.69) is 79.4 Å². The minimum absolute atomic E-state index is 0.148. The van der Waals surface area contributed by atoms with Gasteiger partial charge in [-0.15, -0.1) is 10.2 Å². The Morgan fingerprint density at radius 1 is 0.895 bits per heavy atom. The second kappa shape index (κ2) is 10.9. The van der Waals surface area contributed by atoms with E-state index in [0.29, 0.717) is 0 Å². The number of anilines is 1. The van der Waals surface area contributed by atoms with Crippen molar-refractivity contribution in [2.24, 2.45) is 0 Å². The maximum absolute atomic E-state index is 6.14. The number of hydrogen-bond acceptors (Lipinski definition) is 5. The summed E-state index contributed by atoms with van der Waals surface area (Å²) in [5.74, 6) is 1.94. The molecule has 1 fully saturated rings. The van der Waals surface area contributed by atoms with Gasteiger partial charge in [-0.1, -0.05) is 41.9 Å². The van der Waals surface area contributed by atoms with Crippen LogP contribution in [0.5, 0.6) is 0 Å². The van der Waals surface area contributed by atoms with Gasteiger partial charge in [0.15, 0.2) is 0 Å². The summed E-state index contributed by atoms with van der Waals surface area (Å²) in [6.45, 7) is 7.83. The van der Waals surface area contributed by atoms with Crippen LogP contribution < -0.4 is 5.32 Å². The molecule has 6 nitrogen and oxygen atoms in total. The molecule has 3 heterocycles. The van der Waals surface area contributed by atoms with E-state index in [9.17, 15) is 0 Å². The van der Waals surface area contributed by atoms with Gasteiger partial charge in [0.05, 0.1) is 11.7 Å². The summed E-state index contributed by atoms with van der Waals surface area (Å²) < 4.78 is 2.21. The van der Waals surface area contributed by atoms with Crippen molar-refractivity contribution in [2.45, 2.75) is 32.2 Å². The van der Waals surface area contributed by atoms with E-state index in [1.165, 1.54) is 48.4 Å². The summed E-state index contributed by atoms with van der Waals surface area (Å²) in [7, 11) is 2.21. The molecule has 0 radical (unpaired) electrons. The number of fused-ring (bicyclic) bond motifs is 3. The fraction of sp³-hybridized carbons (Fsp3) is 0.355. The molecule has 0 spiro atoms. The lowest BCUT2D eigenvalue weighted by Gasteiger charge is -2.32. The van der Waals surface area contributed by atoms with Gasteiger partial charge in [-0.25, -0.2) is 0 Å². The van der Waals surface area contributed by atoms with Crippen LogP contribution in [0, 0.1) is 6.92 Å². The minimum atomic E-state index is 0.148. The molecule has 0 saturated carbocycles. The fourth-order valence-electron chi connectivity index (χ4n) is 5.65. The number of rotatable bonds is 6. The summed E-state index contributed by atoms with van der Waals surface area (Å²) in [6.07, 6.45) is 2.89. The number of benzene rings is 3. The number of hydrogen-bond donors (Lipinski definition) is 1. The quantitative estimate of drug-likeness (QED) is 0.345. The highest BCUT2D eigenvalue weighted by Crippen LogP contribution is 2.36. The van der Waals surface area contributed by atoms with Crippen LogP contribution in [0.2, 0.25) is 5.02 Å². The number of aromatic nitrogens is 3. The molecule has 38 heavy (non-hydrogen) atoms. The molecule has 6 rings (SSSR count). The van der Waals surface area contributed by atoms with E-state index in [4.69, 9.17) is 11.6 Å². The zero-order valence-electron chi connectivity index (χ0n) is 22.2. The molecule has 2 aliphatic rings. The summed E-state index contributed by atoms with van der Waals surface area (Å²) in [6, 6.07) is 24.0. The number of nitrogens with zero attached hydrogens (tertiary/aromatic N) is 5. The van der Waals surface area contributed by atoms with Gasteiger partial charge in [-0.2, -0.15) is 0 Å². The second-order valence-corrected chi connectivity index (χ2v) is 11.0. The Labute approximate surface area is 230 Å². The molecule has 1 saturated heterocycles. The van der Waals surface area contributed by atoms with Gasteiger partial charge in [0.1, 0.15) is 11.6 Å². The van der Waals surface area contributed by atoms with Crippen LogP contribution in [0.15, 0.2) is 66.7 Å². The van der Waals surface area contributed by atoms with Crippen LogP contribution in [-0.2, 0) is 12.8 Å². The van der Waals surface area contributed by atoms with Crippen LogP contribution in [-0.4, -0.2) is 64.3 Å². The number of likely N-dealkylation sites (N-methyl/N-ethyl adjacent to an activating group) is 1. The van der Waals surface area contributed by atoms with Gasteiger partial charge in [-0.3, -0.25) is 4.57 Å².